The molecule has 3 aromatic heterocycles. The average molecular weight is 386 g/mol. The Hall–Kier alpha value is -4.07. The van der Waals surface area contributed by atoms with E-state index in [1.54, 1.807) is 30.6 Å². The van der Waals surface area contributed by atoms with Gasteiger partial charge in [-0.25, -0.2) is 9.97 Å². The van der Waals surface area contributed by atoms with Crippen LogP contribution in [-0.4, -0.2) is 30.4 Å². The summed E-state index contributed by atoms with van der Waals surface area (Å²) in [5, 5.41) is 2.75. The van der Waals surface area contributed by atoms with E-state index in [4.69, 9.17) is 0 Å². The fourth-order valence-electron chi connectivity index (χ4n) is 2.89. The van der Waals surface area contributed by atoms with Crippen LogP contribution < -0.4 is 10.9 Å². The van der Waals surface area contributed by atoms with E-state index >= 15 is 0 Å². The third-order valence-corrected chi connectivity index (χ3v) is 4.44. The van der Waals surface area contributed by atoms with E-state index in [0.717, 1.165) is 17.1 Å². The van der Waals surface area contributed by atoms with Gasteiger partial charge in [0.2, 0.25) is 0 Å². The third-order valence-electron chi connectivity index (χ3n) is 4.44. The number of hydrogen-bond donors (Lipinski definition) is 2. The number of imidazole rings is 1. The van der Waals surface area contributed by atoms with Crippen molar-refractivity contribution in [1.29, 1.82) is 0 Å². The number of nitrogens with one attached hydrogen (secondary N) is 2. The van der Waals surface area contributed by atoms with Crippen LogP contribution in [0.1, 0.15) is 21.7 Å². The Kier molecular flexibility index (Phi) is 4.98. The van der Waals surface area contributed by atoms with Crippen molar-refractivity contribution in [2.75, 3.05) is 0 Å². The minimum absolute atomic E-state index is 0.0460. The Balaban J connectivity index is 1.43. The number of aromatic nitrogens is 5. The summed E-state index contributed by atoms with van der Waals surface area (Å²) in [6.45, 7) is 2.22. The Labute approximate surface area is 166 Å². The number of aryl methyl sites for hydroxylation is 1. The van der Waals surface area contributed by atoms with Gasteiger partial charge in [0.1, 0.15) is 17.1 Å². The summed E-state index contributed by atoms with van der Waals surface area (Å²) in [5.74, 6) is 0.727. The maximum atomic E-state index is 12.4. The molecule has 0 aliphatic rings. The van der Waals surface area contributed by atoms with E-state index in [9.17, 15) is 9.59 Å². The molecule has 0 fully saturated rings. The van der Waals surface area contributed by atoms with E-state index in [1.807, 2.05) is 42.0 Å². The number of pyridine rings is 1. The summed E-state index contributed by atoms with van der Waals surface area (Å²) in [7, 11) is 0. The molecule has 8 nitrogen and oxygen atoms in total. The fourth-order valence-corrected chi connectivity index (χ4v) is 2.89. The molecule has 1 amide bonds. The lowest BCUT2D eigenvalue weighted by molar-refractivity contribution is 0.0949. The summed E-state index contributed by atoms with van der Waals surface area (Å²) >= 11 is 0. The monoisotopic (exact) mass is 386 g/mol. The molecule has 2 N–H and O–H groups in total. The van der Waals surface area contributed by atoms with Crippen molar-refractivity contribution >= 4 is 5.91 Å². The number of carbonyl (C=O) groups is 1. The molecule has 0 bridgehead atoms. The van der Waals surface area contributed by atoms with Gasteiger partial charge < -0.3 is 14.9 Å². The van der Waals surface area contributed by atoms with Crippen LogP contribution in [0.2, 0.25) is 0 Å². The van der Waals surface area contributed by atoms with Gasteiger partial charge in [0.05, 0.1) is 0 Å². The van der Waals surface area contributed by atoms with Gasteiger partial charge in [0, 0.05) is 37.0 Å². The van der Waals surface area contributed by atoms with Gasteiger partial charge in [-0.05, 0) is 36.8 Å². The zero-order valence-electron chi connectivity index (χ0n) is 15.7. The zero-order chi connectivity index (χ0) is 20.2. The zero-order valence-corrected chi connectivity index (χ0v) is 15.7. The van der Waals surface area contributed by atoms with Crippen molar-refractivity contribution in [3.63, 3.8) is 0 Å². The molecule has 144 valence electrons. The quantitative estimate of drug-likeness (QED) is 0.547. The normalized spacial score (nSPS) is 10.7. The molecule has 0 atom stereocenters. The van der Waals surface area contributed by atoms with Crippen molar-refractivity contribution in [2.24, 2.45) is 0 Å². The topological polar surface area (TPSA) is 106 Å². The minimum Gasteiger partial charge on any atom is -0.348 e. The summed E-state index contributed by atoms with van der Waals surface area (Å²) < 4.78 is 1.97. The van der Waals surface area contributed by atoms with E-state index < -0.39 is 11.5 Å². The molecule has 0 aliphatic heterocycles. The molecule has 1 aromatic carbocycles. The molecular weight excluding hydrogens is 368 g/mol. The maximum absolute atomic E-state index is 12.4. The van der Waals surface area contributed by atoms with Gasteiger partial charge >= 0.3 is 0 Å². The molecule has 4 aromatic rings. The van der Waals surface area contributed by atoms with Crippen LogP contribution in [0.3, 0.4) is 0 Å². The first-order chi connectivity index (χ1) is 14.1. The van der Waals surface area contributed by atoms with Crippen LogP contribution >= 0.6 is 0 Å². The van der Waals surface area contributed by atoms with Gasteiger partial charge in [-0.1, -0.05) is 18.2 Å². The number of H-pyrrole nitrogens is 1. The first kappa shape index (κ1) is 18.3. The molecule has 0 radical (unpaired) electrons. The average Bonchev–Trinajstić information content (AvgIpc) is 3.19. The van der Waals surface area contributed by atoms with Crippen LogP contribution in [0.15, 0.2) is 72.0 Å². The summed E-state index contributed by atoms with van der Waals surface area (Å²) in [6.07, 6.45) is 6.51. The number of nitrogens with zero attached hydrogens (tertiary/aromatic N) is 4. The second kappa shape index (κ2) is 7.89. The van der Waals surface area contributed by atoms with Gasteiger partial charge in [0.15, 0.2) is 5.82 Å². The Morgan fingerprint density at radius 1 is 1.07 bits per heavy atom. The first-order valence-corrected chi connectivity index (χ1v) is 9.00. The van der Waals surface area contributed by atoms with E-state index in [-0.39, 0.29) is 5.56 Å². The Bertz CT molecular complexity index is 1200. The van der Waals surface area contributed by atoms with E-state index in [2.05, 4.69) is 25.3 Å². The third kappa shape index (κ3) is 3.96. The van der Waals surface area contributed by atoms with Crippen LogP contribution in [0.5, 0.6) is 0 Å². The predicted molar refractivity (Wildman–Crippen MR) is 108 cm³/mol. The van der Waals surface area contributed by atoms with Gasteiger partial charge in [0.25, 0.3) is 11.5 Å². The highest BCUT2D eigenvalue weighted by atomic mass is 16.2. The molecule has 0 saturated carbocycles. The van der Waals surface area contributed by atoms with Crippen LogP contribution in [-0.2, 0) is 6.54 Å². The lowest BCUT2D eigenvalue weighted by Gasteiger charge is -2.08. The van der Waals surface area contributed by atoms with Gasteiger partial charge in [-0.15, -0.1) is 0 Å². The molecule has 8 heteroatoms. The van der Waals surface area contributed by atoms with Crippen molar-refractivity contribution in [3.05, 3.63) is 94.6 Å². The number of amides is 1. The van der Waals surface area contributed by atoms with E-state index in [1.165, 1.54) is 6.20 Å². The predicted octanol–water partition coefficient (Wildman–Crippen LogP) is 2.26. The molecule has 0 unspecified atom stereocenters. The number of carbonyl (C=O) groups excluding carboxylic acids is 1. The SMILES string of the molecule is Cc1nccn1-c1ccc(CNC(=O)c2cnc(-c3ccccn3)[nH]c2=O)cc1. The summed E-state index contributed by atoms with van der Waals surface area (Å²) in [5.41, 5.74) is 1.87. The van der Waals surface area contributed by atoms with Crippen molar-refractivity contribution in [2.45, 2.75) is 13.5 Å². The van der Waals surface area contributed by atoms with Crippen molar-refractivity contribution in [3.8, 4) is 17.2 Å². The standard InChI is InChI=1S/C21H18N6O2/c1-14-22-10-11-27(14)16-7-5-15(6-8-16)12-25-20(28)17-13-24-19(26-21(17)29)18-4-2-3-9-23-18/h2-11,13H,12H2,1H3,(H,25,28)(H,24,26,29). The van der Waals surface area contributed by atoms with Gasteiger partial charge in [-0.3, -0.25) is 14.6 Å². The molecular formula is C21H18N6O2. The Morgan fingerprint density at radius 3 is 2.55 bits per heavy atom. The van der Waals surface area contributed by atoms with Crippen molar-refractivity contribution < 1.29 is 4.79 Å². The number of benzene rings is 1. The number of rotatable bonds is 5. The smallest absolute Gasteiger partial charge is 0.264 e. The highest BCUT2D eigenvalue weighted by Crippen LogP contribution is 2.12. The second-order valence-corrected chi connectivity index (χ2v) is 6.38. The minimum atomic E-state index is -0.510. The van der Waals surface area contributed by atoms with Crippen LogP contribution in [0.4, 0.5) is 0 Å². The highest BCUT2D eigenvalue weighted by Gasteiger charge is 2.13. The van der Waals surface area contributed by atoms with Gasteiger partial charge in [-0.2, -0.15) is 0 Å². The largest absolute Gasteiger partial charge is 0.348 e. The van der Waals surface area contributed by atoms with E-state index in [0.29, 0.717) is 18.1 Å². The highest BCUT2D eigenvalue weighted by molar-refractivity contribution is 5.93. The molecule has 3 heterocycles. The molecule has 0 saturated heterocycles. The molecule has 29 heavy (non-hydrogen) atoms. The van der Waals surface area contributed by atoms with Crippen LogP contribution in [0.25, 0.3) is 17.2 Å². The summed E-state index contributed by atoms with van der Waals surface area (Å²) in [6, 6.07) is 13.0. The number of hydrogen-bond acceptors (Lipinski definition) is 5. The molecule has 0 aliphatic carbocycles. The van der Waals surface area contributed by atoms with Crippen molar-refractivity contribution in [1.82, 2.24) is 29.8 Å². The summed E-state index contributed by atoms with van der Waals surface area (Å²) in [4.78, 5) is 39.8. The molecule has 4 rings (SSSR count). The second-order valence-electron chi connectivity index (χ2n) is 6.38. The lowest BCUT2D eigenvalue weighted by Crippen LogP contribution is -2.29. The van der Waals surface area contributed by atoms with Crippen LogP contribution in [0, 0.1) is 6.92 Å². The fraction of sp³-hybridized carbons (Fsp3) is 0.0952. The molecule has 0 spiro atoms. The maximum Gasteiger partial charge on any atom is 0.264 e. The number of aromatic amines is 1. The first-order valence-electron chi connectivity index (χ1n) is 9.00. The Morgan fingerprint density at radius 2 is 1.90 bits per heavy atom. The lowest BCUT2D eigenvalue weighted by atomic mass is 10.2.